The van der Waals surface area contributed by atoms with Crippen molar-refractivity contribution in [1.82, 2.24) is 9.55 Å². The average Bonchev–Trinajstić information content (AvgIpc) is 3.02. The minimum atomic E-state index is -0.416. The van der Waals surface area contributed by atoms with Crippen LogP contribution in [-0.4, -0.2) is 22.6 Å². The van der Waals surface area contributed by atoms with Crippen molar-refractivity contribution in [2.45, 2.75) is 19.9 Å². The average molecular weight is 379 g/mol. The van der Waals surface area contributed by atoms with Crippen LogP contribution >= 0.6 is 11.6 Å². The van der Waals surface area contributed by atoms with Gasteiger partial charge in [-0.25, -0.2) is 9.78 Å². The van der Waals surface area contributed by atoms with Crippen LogP contribution in [0.4, 0.5) is 0 Å². The molecule has 0 saturated carbocycles. The minimum Gasteiger partial charge on any atom is -0.464 e. The first-order valence-electron chi connectivity index (χ1n) is 8.86. The van der Waals surface area contributed by atoms with E-state index >= 15 is 0 Å². The molecule has 0 aliphatic rings. The predicted octanol–water partition coefficient (Wildman–Crippen LogP) is 5.24. The van der Waals surface area contributed by atoms with E-state index in [9.17, 15) is 4.79 Å². The second-order valence-electron chi connectivity index (χ2n) is 6.43. The summed E-state index contributed by atoms with van der Waals surface area (Å²) in [6, 6.07) is 17.9. The van der Waals surface area contributed by atoms with Crippen molar-refractivity contribution >= 4 is 39.4 Å². The van der Waals surface area contributed by atoms with Crippen LogP contribution in [0.3, 0.4) is 0 Å². The van der Waals surface area contributed by atoms with Crippen molar-refractivity contribution in [3.8, 4) is 0 Å². The van der Waals surface area contributed by atoms with E-state index in [0.717, 1.165) is 44.5 Å². The summed E-state index contributed by atoms with van der Waals surface area (Å²) >= 11 is 6.03. The smallest absolute Gasteiger partial charge is 0.356 e. The molecule has 0 fully saturated rings. The van der Waals surface area contributed by atoms with Crippen LogP contribution < -0.4 is 0 Å². The first-order valence-corrected chi connectivity index (χ1v) is 9.23. The fraction of sp³-hybridized carbons (Fsp3) is 0.182. The number of carbonyl (C=O) groups is 1. The third kappa shape index (κ3) is 3.06. The van der Waals surface area contributed by atoms with Gasteiger partial charge in [0.05, 0.1) is 18.3 Å². The molecule has 5 heteroatoms. The second kappa shape index (κ2) is 7.05. The molecule has 4 rings (SSSR count). The number of nitrogens with zero attached hydrogens (tertiary/aromatic N) is 2. The van der Waals surface area contributed by atoms with Crippen LogP contribution in [0.5, 0.6) is 0 Å². The maximum absolute atomic E-state index is 12.1. The Bertz CT molecular complexity index is 1150. The van der Waals surface area contributed by atoms with Crippen molar-refractivity contribution < 1.29 is 9.53 Å². The van der Waals surface area contributed by atoms with Gasteiger partial charge in [0.25, 0.3) is 0 Å². The van der Waals surface area contributed by atoms with Gasteiger partial charge in [-0.05, 0) is 36.2 Å². The van der Waals surface area contributed by atoms with Crippen LogP contribution in [0.25, 0.3) is 21.8 Å². The number of fused-ring (bicyclic) bond motifs is 3. The fourth-order valence-corrected chi connectivity index (χ4v) is 3.67. The number of hydrogen-bond donors (Lipinski definition) is 0. The Morgan fingerprint density at radius 1 is 1.11 bits per heavy atom. The lowest BCUT2D eigenvalue weighted by Gasteiger charge is -2.11. The summed E-state index contributed by atoms with van der Waals surface area (Å²) in [6.07, 6.45) is 0.721. The highest BCUT2D eigenvalue weighted by molar-refractivity contribution is 6.30. The summed E-state index contributed by atoms with van der Waals surface area (Å²) in [7, 11) is 1.38. The summed E-state index contributed by atoms with van der Waals surface area (Å²) in [5.74, 6) is -0.416. The van der Waals surface area contributed by atoms with Crippen LogP contribution in [0.1, 0.15) is 28.7 Å². The Kier molecular flexibility index (Phi) is 4.58. The zero-order valence-electron chi connectivity index (χ0n) is 15.2. The van der Waals surface area contributed by atoms with Gasteiger partial charge in [-0.3, -0.25) is 0 Å². The van der Waals surface area contributed by atoms with Gasteiger partial charge < -0.3 is 9.30 Å². The number of aryl methyl sites for hydroxylation is 1. The molecule has 4 nitrogen and oxygen atoms in total. The van der Waals surface area contributed by atoms with E-state index in [-0.39, 0.29) is 0 Å². The van der Waals surface area contributed by atoms with E-state index < -0.39 is 5.97 Å². The van der Waals surface area contributed by atoms with E-state index in [1.54, 1.807) is 0 Å². The number of carbonyl (C=O) groups excluding carboxylic acids is 1. The molecule has 0 radical (unpaired) electrons. The number of hydrogen-bond acceptors (Lipinski definition) is 3. The Morgan fingerprint density at radius 3 is 2.56 bits per heavy atom. The van der Waals surface area contributed by atoms with Crippen molar-refractivity contribution in [1.29, 1.82) is 0 Å². The van der Waals surface area contributed by atoms with Crippen LogP contribution in [0.2, 0.25) is 5.02 Å². The number of ether oxygens (including phenoxy) is 1. The number of esters is 1. The zero-order valence-corrected chi connectivity index (χ0v) is 16.0. The number of rotatable bonds is 4. The Balaban J connectivity index is 2.01. The molecule has 2 aromatic heterocycles. The van der Waals surface area contributed by atoms with E-state index in [0.29, 0.717) is 12.2 Å². The molecular formula is C22H19ClN2O2. The molecule has 0 unspecified atom stereocenters. The van der Waals surface area contributed by atoms with Crippen molar-refractivity contribution in [3.05, 3.63) is 76.6 Å². The minimum absolute atomic E-state index is 0.344. The molecule has 0 aliphatic heterocycles. The molecule has 0 atom stereocenters. The number of halogens is 1. The van der Waals surface area contributed by atoms with Crippen LogP contribution in [0.15, 0.2) is 54.6 Å². The third-order valence-corrected chi connectivity index (χ3v) is 5.06. The highest BCUT2D eigenvalue weighted by atomic mass is 35.5. The van der Waals surface area contributed by atoms with Crippen molar-refractivity contribution in [3.63, 3.8) is 0 Å². The number of methoxy groups -OCH3 is 1. The van der Waals surface area contributed by atoms with Crippen LogP contribution in [-0.2, 0) is 17.7 Å². The topological polar surface area (TPSA) is 44.1 Å². The highest BCUT2D eigenvalue weighted by Crippen LogP contribution is 2.32. The van der Waals surface area contributed by atoms with E-state index in [4.69, 9.17) is 16.3 Å². The Morgan fingerprint density at radius 2 is 1.85 bits per heavy atom. The molecule has 0 N–H and O–H groups in total. The molecule has 2 aromatic carbocycles. The summed E-state index contributed by atoms with van der Waals surface area (Å²) in [5, 5.41) is 2.84. The highest BCUT2D eigenvalue weighted by Gasteiger charge is 2.18. The van der Waals surface area contributed by atoms with E-state index in [1.165, 1.54) is 7.11 Å². The lowest BCUT2D eigenvalue weighted by molar-refractivity contribution is 0.0594. The lowest BCUT2D eigenvalue weighted by atomic mass is 10.1. The molecule has 0 spiro atoms. The fourth-order valence-electron chi connectivity index (χ4n) is 3.55. The second-order valence-corrected chi connectivity index (χ2v) is 6.86. The Hall–Kier alpha value is -2.85. The summed E-state index contributed by atoms with van der Waals surface area (Å²) in [5.41, 5.74) is 4.55. The molecule has 0 bridgehead atoms. The Labute approximate surface area is 162 Å². The van der Waals surface area contributed by atoms with Gasteiger partial charge in [-0.15, -0.1) is 0 Å². The first-order chi connectivity index (χ1) is 13.1. The molecule has 0 aliphatic carbocycles. The molecular weight excluding hydrogens is 360 g/mol. The quantitative estimate of drug-likeness (QED) is 0.456. The third-order valence-electron chi connectivity index (χ3n) is 4.80. The molecule has 136 valence electrons. The van der Waals surface area contributed by atoms with Gasteiger partial charge in [0.1, 0.15) is 5.69 Å². The SMILES string of the molecule is CCc1nc(C(=O)OC)cc2c3ccccc3n(Cc3ccc(Cl)cc3)c12. The zero-order chi connectivity index (χ0) is 19.0. The van der Waals surface area contributed by atoms with Gasteiger partial charge >= 0.3 is 5.97 Å². The number of aromatic nitrogens is 2. The van der Waals surface area contributed by atoms with E-state index in [2.05, 4.69) is 21.7 Å². The molecule has 0 saturated heterocycles. The van der Waals surface area contributed by atoms with E-state index in [1.807, 2.05) is 49.4 Å². The standard InChI is InChI=1S/C22H19ClN2O2/c1-3-18-21-17(12-19(24-18)22(26)27-2)16-6-4-5-7-20(16)25(21)13-14-8-10-15(23)11-9-14/h4-12H,3,13H2,1-2H3. The van der Waals surface area contributed by atoms with Crippen molar-refractivity contribution in [2.75, 3.05) is 7.11 Å². The molecule has 0 amide bonds. The molecule has 27 heavy (non-hydrogen) atoms. The first kappa shape index (κ1) is 17.6. The van der Waals surface area contributed by atoms with Crippen molar-refractivity contribution in [2.24, 2.45) is 0 Å². The van der Waals surface area contributed by atoms with Crippen LogP contribution in [0, 0.1) is 0 Å². The maximum atomic E-state index is 12.1. The van der Waals surface area contributed by atoms with Gasteiger partial charge in [-0.1, -0.05) is 48.9 Å². The number of pyridine rings is 1. The predicted molar refractivity (Wildman–Crippen MR) is 109 cm³/mol. The normalized spacial score (nSPS) is 11.2. The molecule has 2 heterocycles. The van der Waals surface area contributed by atoms with Gasteiger partial charge in [-0.2, -0.15) is 0 Å². The van der Waals surface area contributed by atoms with Gasteiger partial charge in [0.2, 0.25) is 0 Å². The largest absolute Gasteiger partial charge is 0.464 e. The summed E-state index contributed by atoms with van der Waals surface area (Å²) in [6.45, 7) is 2.75. The monoisotopic (exact) mass is 378 g/mol. The summed E-state index contributed by atoms with van der Waals surface area (Å²) in [4.78, 5) is 16.7. The number of para-hydroxylation sites is 1. The summed E-state index contributed by atoms with van der Waals surface area (Å²) < 4.78 is 7.15. The maximum Gasteiger partial charge on any atom is 0.356 e. The lowest BCUT2D eigenvalue weighted by Crippen LogP contribution is -2.08. The van der Waals surface area contributed by atoms with Gasteiger partial charge in [0.15, 0.2) is 0 Å². The number of benzene rings is 2. The molecule has 4 aromatic rings. The van der Waals surface area contributed by atoms with Gasteiger partial charge in [0, 0.05) is 27.9 Å².